The van der Waals surface area contributed by atoms with Crippen molar-refractivity contribution < 1.29 is 19.1 Å². The van der Waals surface area contributed by atoms with Crippen molar-refractivity contribution in [3.63, 3.8) is 0 Å². The van der Waals surface area contributed by atoms with Gasteiger partial charge >= 0.3 is 5.97 Å². The molecule has 0 aromatic heterocycles. The Hall–Kier alpha value is -2.11. The number of carbonyl (C=O) groups excluding carboxylic acids is 3. The Balaban J connectivity index is 1.89. The SMILES string of the molecule is CC1=C(N2CC2)C(=O)C(COC(=O)C(C)(C)C)=C(N2CC2)C1=O. The van der Waals surface area contributed by atoms with E-state index >= 15 is 0 Å². The van der Waals surface area contributed by atoms with Crippen LogP contribution in [-0.4, -0.2) is 60.1 Å². The van der Waals surface area contributed by atoms with Gasteiger partial charge < -0.3 is 14.5 Å². The van der Waals surface area contributed by atoms with Crippen LogP contribution in [0.4, 0.5) is 0 Å². The molecule has 23 heavy (non-hydrogen) atoms. The summed E-state index contributed by atoms with van der Waals surface area (Å²) in [5.74, 6) is -0.677. The molecule has 0 atom stereocenters. The molecule has 2 aliphatic heterocycles. The minimum atomic E-state index is -0.642. The summed E-state index contributed by atoms with van der Waals surface area (Å²) in [4.78, 5) is 41.3. The maximum Gasteiger partial charge on any atom is 0.311 e. The van der Waals surface area contributed by atoms with Crippen LogP contribution in [0.15, 0.2) is 22.5 Å². The predicted molar refractivity (Wildman–Crippen MR) is 83.3 cm³/mol. The second-order valence-electron chi connectivity index (χ2n) is 7.26. The van der Waals surface area contributed by atoms with Crippen LogP contribution in [0, 0.1) is 5.41 Å². The largest absolute Gasteiger partial charge is 0.460 e. The molecule has 0 unspecified atom stereocenters. The first-order valence-corrected chi connectivity index (χ1v) is 7.92. The molecule has 6 nitrogen and oxygen atoms in total. The fourth-order valence-electron chi connectivity index (χ4n) is 2.59. The van der Waals surface area contributed by atoms with E-state index in [-0.39, 0.29) is 24.1 Å². The van der Waals surface area contributed by atoms with E-state index in [0.717, 1.165) is 26.2 Å². The van der Waals surface area contributed by atoms with Crippen molar-refractivity contribution in [3.8, 4) is 0 Å². The molecular weight excluding hydrogens is 296 g/mol. The van der Waals surface area contributed by atoms with Gasteiger partial charge in [-0.25, -0.2) is 0 Å². The predicted octanol–water partition coefficient (Wildman–Crippen LogP) is 0.887. The Morgan fingerprint density at radius 1 is 1.00 bits per heavy atom. The summed E-state index contributed by atoms with van der Waals surface area (Å²) in [6.45, 7) is 9.94. The average Bonchev–Trinajstić information content (AvgIpc) is 3.32. The van der Waals surface area contributed by atoms with Gasteiger partial charge in [0, 0.05) is 31.8 Å². The molecule has 1 aliphatic carbocycles. The molecule has 2 heterocycles. The third kappa shape index (κ3) is 2.90. The highest BCUT2D eigenvalue weighted by molar-refractivity contribution is 6.25. The molecule has 6 heteroatoms. The summed E-state index contributed by atoms with van der Waals surface area (Å²) in [5.41, 5.74) is 1.07. The summed E-state index contributed by atoms with van der Waals surface area (Å²) >= 11 is 0. The standard InChI is InChI=1S/C17H22N2O4/c1-10-12(18-5-6-18)15(21)11(9-23-16(22)17(2,3)4)13(14(10)20)19-7-8-19/h5-9H2,1-4H3. The number of allylic oxidation sites excluding steroid dienone is 2. The first-order valence-electron chi connectivity index (χ1n) is 7.92. The molecule has 2 fully saturated rings. The highest BCUT2D eigenvalue weighted by atomic mass is 16.5. The molecule has 3 aliphatic rings. The molecule has 0 bridgehead atoms. The summed E-state index contributed by atoms with van der Waals surface area (Å²) in [5, 5.41) is 0. The molecule has 0 N–H and O–H groups in total. The number of carbonyl (C=O) groups is 3. The maximum absolute atomic E-state index is 12.8. The summed E-state index contributed by atoms with van der Waals surface area (Å²) in [7, 11) is 0. The number of rotatable bonds is 4. The van der Waals surface area contributed by atoms with Crippen LogP contribution in [0.25, 0.3) is 0 Å². The highest BCUT2D eigenvalue weighted by Crippen LogP contribution is 2.34. The van der Waals surface area contributed by atoms with Crippen LogP contribution in [0.5, 0.6) is 0 Å². The van der Waals surface area contributed by atoms with Crippen molar-refractivity contribution in [2.24, 2.45) is 5.41 Å². The molecule has 0 saturated carbocycles. The normalized spacial score (nSPS) is 21.2. The van der Waals surface area contributed by atoms with E-state index < -0.39 is 5.41 Å². The zero-order valence-electron chi connectivity index (χ0n) is 14.1. The molecule has 0 aromatic rings. The maximum atomic E-state index is 12.8. The summed E-state index contributed by atoms with van der Waals surface area (Å²) in [6.07, 6.45) is 0. The molecule has 2 saturated heterocycles. The minimum absolute atomic E-state index is 0.120. The lowest BCUT2D eigenvalue weighted by atomic mass is 9.91. The fraction of sp³-hybridized carbons (Fsp3) is 0.588. The number of hydrogen-bond acceptors (Lipinski definition) is 6. The molecular formula is C17H22N2O4. The van der Waals surface area contributed by atoms with E-state index in [1.54, 1.807) is 27.7 Å². The molecule has 0 spiro atoms. The monoisotopic (exact) mass is 318 g/mol. The van der Waals surface area contributed by atoms with Gasteiger partial charge in [0.15, 0.2) is 0 Å². The highest BCUT2D eigenvalue weighted by Gasteiger charge is 2.42. The quantitative estimate of drug-likeness (QED) is 0.436. The van der Waals surface area contributed by atoms with Gasteiger partial charge in [0.05, 0.1) is 22.4 Å². The van der Waals surface area contributed by atoms with Gasteiger partial charge in [-0.1, -0.05) is 0 Å². The number of hydrogen-bond donors (Lipinski definition) is 0. The van der Waals surface area contributed by atoms with Gasteiger partial charge in [0.1, 0.15) is 6.61 Å². The second-order valence-corrected chi connectivity index (χ2v) is 7.26. The van der Waals surface area contributed by atoms with Crippen molar-refractivity contribution in [1.29, 1.82) is 0 Å². The van der Waals surface area contributed by atoms with E-state index in [1.165, 1.54) is 0 Å². The lowest BCUT2D eigenvalue weighted by Crippen LogP contribution is -2.33. The molecule has 3 rings (SSSR count). The van der Waals surface area contributed by atoms with Crippen LogP contribution in [0.3, 0.4) is 0 Å². The average molecular weight is 318 g/mol. The number of ketones is 2. The number of nitrogens with zero attached hydrogens (tertiary/aromatic N) is 2. The van der Waals surface area contributed by atoms with E-state index in [4.69, 9.17) is 4.74 Å². The van der Waals surface area contributed by atoms with Crippen molar-refractivity contribution in [1.82, 2.24) is 9.80 Å². The molecule has 0 amide bonds. The number of ether oxygens (including phenoxy) is 1. The molecule has 0 radical (unpaired) electrons. The first kappa shape index (κ1) is 15.8. The van der Waals surface area contributed by atoms with Crippen LogP contribution in [-0.2, 0) is 19.1 Å². The van der Waals surface area contributed by atoms with E-state index in [0.29, 0.717) is 22.5 Å². The zero-order chi connectivity index (χ0) is 16.9. The van der Waals surface area contributed by atoms with E-state index in [9.17, 15) is 14.4 Å². The first-order chi connectivity index (χ1) is 10.7. The Morgan fingerprint density at radius 3 is 2.00 bits per heavy atom. The van der Waals surface area contributed by atoms with Crippen LogP contribution in [0.1, 0.15) is 27.7 Å². The Labute approximate surface area is 135 Å². The Morgan fingerprint density at radius 2 is 1.52 bits per heavy atom. The summed E-state index contributed by atoms with van der Waals surface area (Å²) < 4.78 is 5.32. The van der Waals surface area contributed by atoms with E-state index in [2.05, 4.69) is 0 Å². The number of esters is 1. The van der Waals surface area contributed by atoms with E-state index in [1.807, 2.05) is 9.80 Å². The van der Waals surface area contributed by atoms with Crippen LogP contribution >= 0.6 is 0 Å². The van der Waals surface area contributed by atoms with Crippen molar-refractivity contribution in [2.75, 3.05) is 32.8 Å². The van der Waals surface area contributed by atoms with Crippen LogP contribution < -0.4 is 0 Å². The van der Waals surface area contributed by atoms with Crippen molar-refractivity contribution >= 4 is 17.5 Å². The van der Waals surface area contributed by atoms with Gasteiger partial charge in [0.25, 0.3) is 0 Å². The van der Waals surface area contributed by atoms with Crippen molar-refractivity contribution in [2.45, 2.75) is 27.7 Å². The summed E-state index contributed by atoms with van der Waals surface area (Å²) in [6, 6.07) is 0. The zero-order valence-corrected chi connectivity index (χ0v) is 14.1. The van der Waals surface area contributed by atoms with Gasteiger partial charge in [-0.3, -0.25) is 14.4 Å². The molecule has 124 valence electrons. The van der Waals surface area contributed by atoms with Gasteiger partial charge in [0.2, 0.25) is 11.6 Å². The second kappa shape index (κ2) is 5.22. The van der Waals surface area contributed by atoms with Gasteiger partial charge in [-0.2, -0.15) is 0 Å². The fourth-order valence-corrected chi connectivity index (χ4v) is 2.59. The van der Waals surface area contributed by atoms with Crippen LogP contribution in [0.2, 0.25) is 0 Å². The topological polar surface area (TPSA) is 66.5 Å². The smallest absolute Gasteiger partial charge is 0.311 e. The third-order valence-corrected chi connectivity index (χ3v) is 4.17. The van der Waals surface area contributed by atoms with Gasteiger partial charge in [-0.05, 0) is 27.7 Å². The minimum Gasteiger partial charge on any atom is -0.460 e. The lowest BCUT2D eigenvalue weighted by Gasteiger charge is -2.24. The Bertz CT molecular complexity index is 659. The third-order valence-electron chi connectivity index (χ3n) is 4.17. The Kier molecular flexibility index (Phi) is 3.58. The van der Waals surface area contributed by atoms with Gasteiger partial charge in [-0.15, -0.1) is 0 Å². The number of Topliss-reactive ketones (excluding diaryl/α,β-unsaturated/α-hetero) is 2. The molecule has 0 aromatic carbocycles. The lowest BCUT2D eigenvalue weighted by molar-refractivity contribution is -0.152. The van der Waals surface area contributed by atoms with Crippen molar-refractivity contribution in [3.05, 3.63) is 22.5 Å².